The third-order valence-electron chi connectivity index (χ3n) is 2.76. The van der Waals surface area contributed by atoms with E-state index < -0.39 is 0 Å². The lowest BCUT2D eigenvalue weighted by atomic mass is 9.77. The Kier molecular flexibility index (Phi) is 3.69. The zero-order valence-corrected chi connectivity index (χ0v) is 8.77. The molecule has 1 rings (SSSR count). The Morgan fingerprint density at radius 2 is 2.47 bits per heavy atom. The molecule has 0 aromatic rings. The molecule has 1 aliphatic carbocycles. The lowest BCUT2D eigenvalue weighted by Crippen LogP contribution is -2.20. The van der Waals surface area contributed by atoms with E-state index in [1.54, 1.807) is 6.08 Å². The van der Waals surface area contributed by atoms with Gasteiger partial charge in [-0.15, -0.1) is 0 Å². The zero-order valence-electron chi connectivity index (χ0n) is 8.77. The summed E-state index contributed by atoms with van der Waals surface area (Å²) in [5.41, 5.74) is 8.09. The summed E-state index contributed by atoms with van der Waals surface area (Å²) in [6.07, 6.45) is 6.75. The van der Waals surface area contributed by atoms with Crippen LogP contribution in [0.5, 0.6) is 0 Å². The van der Waals surface area contributed by atoms with Gasteiger partial charge in [-0.25, -0.2) is 0 Å². The van der Waals surface area contributed by atoms with E-state index in [0.29, 0.717) is 19.3 Å². The van der Waals surface area contributed by atoms with E-state index >= 15 is 0 Å². The van der Waals surface area contributed by atoms with Crippen molar-refractivity contribution in [1.82, 2.24) is 0 Å². The molecule has 0 fully saturated rings. The van der Waals surface area contributed by atoms with E-state index in [2.05, 4.69) is 4.79 Å². The molecule has 0 aromatic heterocycles. The molecule has 1 atom stereocenters. The second kappa shape index (κ2) is 4.80. The fraction of sp³-hybridized carbons (Fsp3) is 0.545. The van der Waals surface area contributed by atoms with E-state index in [-0.39, 0.29) is 17.0 Å². The Morgan fingerprint density at radius 3 is 3.00 bits per heavy atom. The predicted molar refractivity (Wildman–Crippen MR) is 55.4 cm³/mol. The Bertz CT molecular complexity index is 354. The molecule has 80 valence electrons. The van der Waals surface area contributed by atoms with Crippen LogP contribution in [0.15, 0.2) is 12.2 Å². The Balaban J connectivity index is 2.51. The topological polar surface area (TPSA) is 70.5 Å². The zero-order chi connectivity index (χ0) is 11.3. The summed E-state index contributed by atoms with van der Waals surface area (Å²) < 4.78 is 0. The number of hydrogen-bond acceptors (Lipinski definition) is 2. The number of rotatable bonds is 4. The van der Waals surface area contributed by atoms with Crippen molar-refractivity contribution >= 4 is 17.8 Å². The maximum Gasteiger partial charge on any atom is 0.323 e. The van der Waals surface area contributed by atoms with Crippen LogP contribution in [0.4, 0.5) is 0 Å². The van der Waals surface area contributed by atoms with Gasteiger partial charge >= 0.3 is 6.21 Å². The second-order valence-corrected chi connectivity index (χ2v) is 4.16. The van der Waals surface area contributed by atoms with Crippen molar-refractivity contribution in [3.8, 4) is 0 Å². The van der Waals surface area contributed by atoms with Gasteiger partial charge in [-0.2, -0.15) is 4.79 Å². The van der Waals surface area contributed by atoms with Crippen molar-refractivity contribution in [2.24, 2.45) is 5.41 Å². The number of ketones is 2. The Morgan fingerprint density at radius 1 is 1.73 bits per heavy atom. The average Bonchev–Trinajstić information content (AvgIpc) is 2.21. The summed E-state index contributed by atoms with van der Waals surface area (Å²) in [6.45, 7) is 2.03. The molecule has 1 unspecified atom stereocenters. The minimum absolute atomic E-state index is 0.0765. The number of carbonyl (C=O) groups is 2. The smallest absolute Gasteiger partial charge is 0.323 e. The Labute approximate surface area is 88.6 Å². The highest BCUT2D eigenvalue weighted by molar-refractivity contribution is 6.25. The van der Waals surface area contributed by atoms with E-state index in [4.69, 9.17) is 5.53 Å². The normalized spacial score (nSPS) is 24.7. The van der Waals surface area contributed by atoms with Crippen LogP contribution < -0.4 is 0 Å². The van der Waals surface area contributed by atoms with Gasteiger partial charge in [0.15, 0.2) is 5.78 Å². The molecule has 0 amide bonds. The van der Waals surface area contributed by atoms with Crippen LogP contribution in [0.1, 0.15) is 32.6 Å². The molecule has 0 saturated carbocycles. The van der Waals surface area contributed by atoms with Gasteiger partial charge in [-0.05, 0) is 24.3 Å². The number of allylic oxidation sites excluding steroid dienone is 2. The molecular formula is C11H14N2O2. The lowest BCUT2D eigenvalue weighted by molar-refractivity contribution is -0.116. The standard InChI is InChI=1S/C11H14N2O2/c1-11(5-2-9(14)3-6-11)7-4-10(15)8-13-12/h2,5,8H,3-4,6-7H2,1H3. The molecule has 0 radical (unpaired) electrons. The van der Waals surface area contributed by atoms with Gasteiger partial charge in [0.05, 0.1) is 0 Å². The molecule has 0 saturated heterocycles. The molecular weight excluding hydrogens is 192 g/mol. The predicted octanol–water partition coefficient (Wildman–Crippen LogP) is 1.56. The summed E-state index contributed by atoms with van der Waals surface area (Å²) in [6, 6.07) is 0. The van der Waals surface area contributed by atoms with Crippen LogP contribution >= 0.6 is 0 Å². The van der Waals surface area contributed by atoms with Gasteiger partial charge in [-0.1, -0.05) is 13.0 Å². The van der Waals surface area contributed by atoms with Crippen molar-refractivity contribution in [2.45, 2.75) is 32.6 Å². The summed E-state index contributed by atoms with van der Waals surface area (Å²) in [5, 5.41) is 0. The minimum atomic E-state index is -0.191. The van der Waals surface area contributed by atoms with Crippen molar-refractivity contribution in [3.05, 3.63) is 17.7 Å². The fourth-order valence-electron chi connectivity index (χ4n) is 1.62. The van der Waals surface area contributed by atoms with Crippen LogP contribution in [-0.4, -0.2) is 22.6 Å². The van der Waals surface area contributed by atoms with Gasteiger partial charge in [0, 0.05) is 12.8 Å². The minimum Gasteiger partial charge on any atom is -0.361 e. The molecule has 0 spiro atoms. The third kappa shape index (κ3) is 3.60. The number of hydrogen-bond donors (Lipinski definition) is 0. The van der Waals surface area contributed by atoms with E-state index in [0.717, 1.165) is 12.6 Å². The quantitative estimate of drug-likeness (QED) is 0.398. The first kappa shape index (κ1) is 11.5. The van der Waals surface area contributed by atoms with Gasteiger partial charge in [0.2, 0.25) is 5.78 Å². The highest BCUT2D eigenvalue weighted by Gasteiger charge is 2.26. The van der Waals surface area contributed by atoms with Crippen molar-refractivity contribution in [1.29, 1.82) is 0 Å². The van der Waals surface area contributed by atoms with E-state index in [1.807, 2.05) is 13.0 Å². The van der Waals surface area contributed by atoms with Crippen LogP contribution in [0, 0.1) is 5.41 Å². The monoisotopic (exact) mass is 206 g/mol. The highest BCUT2D eigenvalue weighted by atomic mass is 16.1. The average molecular weight is 206 g/mol. The molecule has 1 aliphatic rings. The van der Waals surface area contributed by atoms with Crippen LogP contribution in [0.25, 0.3) is 5.53 Å². The third-order valence-corrected chi connectivity index (χ3v) is 2.76. The fourth-order valence-corrected chi connectivity index (χ4v) is 1.62. The van der Waals surface area contributed by atoms with E-state index in [9.17, 15) is 9.59 Å². The van der Waals surface area contributed by atoms with Crippen LogP contribution in [0.3, 0.4) is 0 Å². The van der Waals surface area contributed by atoms with Gasteiger partial charge in [-0.3, -0.25) is 9.59 Å². The molecule has 0 heterocycles. The number of carbonyl (C=O) groups excluding carboxylic acids is 2. The van der Waals surface area contributed by atoms with Crippen LogP contribution in [-0.2, 0) is 9.59 Å². The maximum atomic E-state index is 11.1. The first-order valence-corrected chi connectivity index (χ1v) is 4.98. The molecule has 0 bridgehead atoms. The maximum absolute atomic E-state index is 11.1. The molecule has 4 heteroatoms. The molecule has 0 N–H and O–H groups in total. The van der Waals surface area contributed by atoms with Gasteiger partial charge in [0.25, 0.3) is 0 Å². The molecule has 15 heavy (non-hydrogen) atoms. The molecule has 0 aliphatic heterocycles. The van der Waals surface area contributed by atoms with Gasteiger partial charge in [0.1, 0.15) is 0 Å². The highest BCUT2D eigenvalue weighted by Crippen LogP contribution is 2.33. The van der Waals surface area contributed by atoms with Crippen LogP contribution in [0.2, 0.25) is 0 Å². The Hall–Kier alpha value is -1.54. The number of nitrogens with zero attached hydrogens (tertiary/aromatic N) is 2. The van der Waals surface area contributed by atoms with Gasteiger partial charge < -0.3 is 5.53 Å². The van der Waals surface area contributed by atoms with E-state index in [1.165, 1.54) is 0 Å². The summed E-state index contributed by atoms with van der Waals surface area (Å²) in [5.74, 6) is -0.0419. The summed E-state index contributed by atoms with van der Waals surface area (Å²) in [7, 11) is 0. The first-order chi connectivity index (χ1) is 7.06. The van der Waals surface area contributed by atoms with Crippen molar-refractivity contribution < 1.29 is 14.4 Å². The number of Topliss-reactive ketones (excluding diaryl/α,β-unsaturated/α-hetero) is 1. The summed E-state index contributed by atoms with van der Waals surface area (Å²) >= 11 is 0. The largest absolute Gasteiger partial charge is 0.361 e. The van der Waals surface area contributed by atoms with Crippen molar-refractivity contribution in [2.75, 3.05) is 0 Å². The second-order valence-electron chi connectivity index (χ2n) is 4.16. The summed E-state index contributed by atoms with van der Waals surface area (Å²) in [4.78, 5) is 24.8. The molecule has 4 nitrogen and oxygen atoms in total. The lowest BCUT2D eigenvalue weighted by Gasteiger charge is -2.27. The SMILES string of the molecule is CC1(CCC(=O)C=[N+]=[N-])C=CC(=O)CC1. The first-order valence-electron chi connectivity index (χ1n) is 4.98. The van der Waals surface area contributed by atoms with Crippen molar-refractivity contribution in [3.63, 3.8) is 0 Å². The molecule has 0 aromatic carbocycles.